The normalized spacial score (nSPS) is 24.4. The molecule has 2 aliphatic rings. The van der Waals surface area contributed by atoms with Crippen LogP contribution in [-0.2, 0) is 11.3 Å². The van der Waals surface area contributed by atoms with Crippen LogP contribution >= 0.6 is 0 Å². The monoisotopic (exact) mass is 301 g/mol. The average Bonchev–Trinajstić information content (AvgIpc) is 2.56. The van der Waals surface area contributed by atoms with E-state index < -0.39 is 0 Å². The minimum absolute atomic E-state index is 0.195. The molecule has 1 amide bonds. The van der Waals surface area contributed by atoms with Gasteiger partial charge in [0.1, 0.15) is 0 Å². The van der Waals surface area contributed by atoms with Crippen LogP contribution in [0.4, 0.5) is 0 Å². The Morgan fingerprint density at radius 2 is 1.82 bits per heavy atom. The molecule has 4 heteroatoms. The molecule has 120 valence electrons. The number of rotatable bonds is 3. The van der Waals surface area contributed by atoms with Crippen LogP contribution in [0.5, 0.6) is 0 Å². The molecule has 3 rings (SSSR count). The third-order valence-corrected chi connectivity index (χ3v) is 4.92. The summed E-state index contributed by atoms with van der Waals surface area (Å²) in [4.78, 5) is 19.6. The number of nitrogens with zero attached hydrogens (tertiary/aromatic N) is 3. The van der Waals surface area contributed by atoms with E-state index in [1.54, 1.807) is 0 Å². The van der Waals surface area contributed by atoms with E-state index in [4.69, 9.17) is 0 Å². The molecule has 0 aromatic heterocycles. The van der Waals surface area contributed by atoms with E-state index in [0.29, 0.717) is 5.91 Å². The zero-order valence-electron chi connectivity index (χ0n) is 13.6. The largest absolute Gasteiger partial charge is 0.340 e. The summed E-state index contributed by atoms with van der Waals surface area (Å²) in [5.74, 6) is 0.576. The maximum Gasteiger partial charge on any atom is 0.227 e. The number of carbonyl (C=O) groups is 1. The number of amides is 1. The van der Waals surface area contributed by atoms with Crippen molar-refractivity contribution in [3.8, 4) is 0 Å². The Kier molecular flexibility index (Phi) is 5.11. The van der Waals surface area contributed by atoms with Crippen LogP contribution in [0.15, 0.2) is 30.3 Å². The number of benzene rings is 1. The van der Waals surface area contributed by atoms with Crippen LogP contribution in [0.3, 0.4) is 0 Å². The molecule has 1 atom stereocenters. The van der Waals surface area contributed by atoms with Gasteiger partial charge < -0.3 is 9.80 Å². The van der Waals surface area contributed by atoms with Crippen molar-refractivity contribution in [3.05, 3.63) is 35.9 Å². The molecule has 2 aliphatic heterocycles. The Balaban J connectivity index is 1.55. The van der Waals surface area contributed by atoms with Gasteiger partial charge in [0.05, 0.1) is 5.92 Å². The van der Waals surface area contributed by atoms with Crippen molar-refractivity contribution in [1.29, 1.82) is 0 Å². The van der Waals surface area contributed by atoms with Crippen molar-refractivity contribution in [2.75, 3.05) is 46.3 Å². The number of likely N-dealkylation sites (N-methyl/N-ethyl adjacent to an activating group) is 1. The first-order chi connectivity index (χ1) is 10.7. The molecule has 0 unspecified atom stereocenters. The zero-order valence-corrected chi connectivity index (χ0v) is 13.6. The number of carbonyl (C=O) groups excluding carboxylic acids is 1. The van der Waals surface area contributed by atoms with Crippen LogP contribution in [-0.4, -0.2) is 66.9 Å². The molecule has 1 aromatic carbocycles. The maximum atomic E-state index is 12.7. The molecule has 1 aromatic rings. The highest BCUT2D eigenvalue weighted by molar-refractivity contribution is 5.79. The molecule has 2 saturated heterocycles. The molecule has 2 heterocycles. The Bertz CT molecular complexity index is 482. The molecule has 0 aliphatic carbocycles. The van der Waals surface area contributed by atoms with Gasteiger partial charge in [0.2, 0.25) is 5.91 Å². The highest BCUT2D eigenvalue weighted by Crippen LogP contribution is 2.21. The summed E-state index contributed by atoms with van der Waals surface area (Å²) in [6.07, 6.45) is 2.19. The number of hydrogen-bond donors (Lipinski definition) is 0. The highest BCUT2D eigenvalue weighted by atomic mass is 16.2. The third kappa shape index (κ3) is 3.87. The van der Waals surface area contributed by atoms with E-state index in [-0.39, 0.29) is 5.92 Å². The van der Waals surface area contributed by atoms with Crippen LogP contribution in [0.2, 0.25) is 0 Å². The fourth-order valence-electron chi connectivity index (χ4n) is 3.53. The lowest BCUT2D eigenvalue weighted by molar-refractivity contribution is -0.139. The summed E-state index contributed by atoms with van der Waals surface area (Å²) in [7, 11) is 2.13. The first-order valence-corrected chi connectivity index (χ1v) is 8.46. The summed E-state index contributed by atoms with van der Waals surface area (Å²) >= 11 is 0. The topological polar surface area (TPSA) is 26.8 Å². The minimum atomic E-state index is 0.195. The number of piperazine rings is 1. The quantitative estimate of drug-likeness (QED) is 0.850. The Hall–Kier alpha value is -1.39. The second kappa shape index (κ2) is 7.25. The molecule has 0 N–H and O–H groups in total. The van der Waals surface area contributed by atoms with Crippen molar-refractivity contribution >= 4 is 5.91 Å². The van der Waals surface area contributed by atoms with Crippen LogP contribution in [0, 0.1) is 5.92 Å². The van der Waals surface area contributed by atoms with Gasteiger partial charge in [0.15, 0.2) is 0 Å². The van der Waals surface area contributed by atoms with Crippen molar-refractivity contribution < 1.29 is 4.79 Å². The van der Waals surface area contributed by atoms with Gasteiger partial charge in [0.25, 0.3) is 0 Å². The first kappa shape index (κ1) is 15.5. The Labute approximate surface area is 133 Å². The molecular weight excluding hydrogens is 274 g/mol. The van der Waals surface area contributed by atoms with Gasteiger partial charge in [-0.15, -0.1) is 0 Å². The smallest absolute Gasteiger partial charge is 0.227 e. The van der Waals surface area contributed by atoms with Crippen molar-refractivity contribution in [3.63, 3.8) is 0 Å². The van der Waals surface area contributed by atoms with Gasteiger partial charge in [-0.25, -0.2) is 0 Å². The number of piperidine rings is 1. The summed E-state index contributed by atoms with van der Waals surface area (Å²) in [5.41, 5.74) is 1.34. The van der Waals surface area contributed by atoms with Gasteiger partial charge in [-0.3, -0.25) is 9.69 Å². The predicted molar refractivity (Wildman–Crippen MR) is 88.5 cm³/mol. The number of hydrogen-bond acceptors (Lipinski definition) is 3. The van der Waals surface area contributed by atoms with Gasteiger partial charge in [0, 0.05) is 39.3 Å². The summed E-state index contributed by atoms with van der Waals surface area (Å²) in [6.45, 7) is 6.79. The molecule has 22 heavy (non-hydrogen) atoms. The van der Waals surface area contributed by atoms with E-state index >= 15 is 0 Å². The number of likely N-dealkylation sites (tertiary alicyclic amines) is 1. The average molecular weight is 301 g/mol. The Morgan fingerprint density at radius 1 is 1.09 bits per heavy atom. The minimum Gasteiger partial charge on any atom is -0.340 e. The standard InChI is InChI=1S/C18H27N3O/c1-19-10-12-21(13-11-19)18(22)17-8-5-9-20(15-17)14-16-6-3-2-4-7-16/h2-4,6-7,17H,5,8-15H2,1H3/t17-/m0/s1. The van der Waals surface area contributed by atoms with Crippen molar-refractivity contribution in [2.45, 2.75) is 19.4 Å². The van der Waals surface area contributed by atoms with Crippen LogP contribution < -0.4 is 0 Å². The third-order valence-electron chi connectivity index (χ3n) is 4.92. The molecule has 0 saturated carbocycles. The van der Waals surface area contributed by atoms with E-state index in [1.165, 1.54) is 5.56 Å². The van der Waals surface area contributed by atoms with Gasteiger partial charge in [-0.1, -0.05) is 30.3 Å². The molecule has 0 bridgehead atoms. The second-order valence-corrected chi connectivity index (χ2v) is 6.69. The Morgan fingerprint density at radius 3 is 2.55 bits per heavy atom. The predicted octanol–water partition coefficient (Wildman–Crippen LogP) is 1.67. The lowest BCUT2D eigenvalue weighted by Gasteiger charge is -2.38. The summed E-state index contributed by atoms with van der Waals surface area (Å²) in [5, 5.41) is 0. The van der Waals surface area contributed by atoms with Crippen molar-refractivity contribution in [1.82, 2.24) is 14.7 Å². The van der Waals surface area contributed by atoms with E-state index in [0.717, 1.165) is 58.7 Å². The van der Waals surface area contributed by atoms with Crippen LogP contribution in [0.25, 0.3) is 0 Å². The second-order valence-electron chi connectivity index (χ2n) is 6.69. The lowest BCUT2D eigenvalue weighted by Crippen LogP contribution is -2.51. The van der Waals surface area contributed by atoms with E-state index in [9.17, 15) is 4.79 Å². The fraction of sp³-hybridized carbons (Fsp3) is 0.611. The molecule has 0 spiro atoms. The molecule has 2 fully saturated rings. The van der Waals surface area contributed by atoms with E-state index in [1.807, 2.05) is 0 Å². The maximum absolute atomic E-state index is 12.7. The van der Waals surface area contributed by atoms with Crippen LogP contribution in [0.1, 0.15) is 18.4 Å². The van der Waals surface area contributed by atoms with E-state index in [2.05, 4.69) is 52.1 Å². The molecule has 0 radical (unpaired) electrons. The van der Waals surface area contributed by atoms with Gasteiger partial charge in [-0.2, -0.15) is 0 Å². The van der Waals surface area contributed by atoms with Gasteiger partial charge in [-0.05, 0) is 32.0 Å². The molecule has 4 nitrogen and oxygen atoms in total. The molecular formula is C18H27N3O. The van der Waals surface area contributed by atoms with Crippen molar-refractivity contribution in [2.24, 2.45) is 5.92 Å². The first-order valence-electron chi connectivity index (χ1n) is 8.46. The summed E-state index contributed by atoms with van der Waals surface area (Å²) in [6, 6.07) is 10.6. The lowest BCUT2D eigenvalue weighted by atomic mass is 9.95. The fourth-order valence-corrected chi connectivity index (χ4v) is 3.53. The highest BCUT2D eigenvalue weighted by Gasteiger charge is 2.30. The SMILES string of the molecule is CN1CCN(C(=O)[C@H]2CCCN(Cc3ccccc3)C2)CC1. The summed E-state index contributed by atoms with van der Waals surface area (Å²) < 4.78 is 0. The van der Waals surface area contributed by atoms with Gasteiger partial charge >= 0.3 is 0 Å². The zero-order chi connectivity index (χ0) is 15.4.